The van der Waals surface area contributed by atoms with Gasteiger partial charge in [0.05, 0.1) is 12.2 Å². The number of nitrogens with one attached hydrogen (secondary N) is 1. The fourth-order valence-corrected chi connectivity index (χ4v) is 8.98. The Bertz CT molecular complexity index is 553. The van der Waals surface area contributed by atoms with E-state index in [1.54, 1.807) is 0 Å². The van der Waals surface area contributed by atoms with Gasteiger partial charge in [0.1, 0.15) is 0 Å². The lowest BCUT2D eigenvalue weighted by atomic mass is 9.43. The summed E-state index contributed by atoms with van der Waals surface area (Å²) in [5.41, 5.74) is 0.777. The zero-order chi connectivity index (χ0) is 20.1. The number of aliphatic hydroxyl groups is 2. The maximum absolute atomic E-state index is 11.3. The van der Waals surface area contributed by atoms with Crippen molar-refractivity contribution in [1.29, 1.82) is 0 Å². The third-order valence-electron chi connectivity index (χ3n) is 10.5. The van der Waals surface area contributed by atoms with Gasteiger partial charge in [0.2, 0.25) is 0 Å². The van der Waals surface area contributed by atoms with Gasteiger partial charge < -0.3 is 15.5 Å². The third kappa shape index (κ3) is 3.28. The minimum absolute atomic E-state index is 0.134. The average Bonchev–Trinajstić information content (AvgIpc) is 3.00. The Balaban J connectivity index is 1.53. The van der Waals surface area contributed by atoms with Gasteiger partial charge in [0.25, 0.3) is 0 Å². The normalized spacial score (nSPS) is 51.9. The molecule has 0 aromatic carbocycles. The SMILES string of the molecule is CNCCC[C@@H](C)[C@H]1CC[C@H]2[C@@H]3[C@H](O)C[C@@H]4C[C@H](O)CC[C@]4(C)[C@H]3CC[C@]12C. The fourth-order valence-electron chi connectivity index (χ4n) is 8.98. The number of hydrogen-bond acceptors (Lipinski definition) is 3. The molecule has 3 heteroatoms. The van der Waals surface area contributed by atoms with Crippen LogP contribution in [-0.4, -0.2) is 36.0 Å². The first-order chi connectivity index (χ1) is 13.3. The Labute approximate surface area is 173 Å². The molecule has 0 saturated heterocycles. The second-order valence-corrected chi connectivity index (χ2v) is 11.7. The van der Waals surface area contributed by atoms with Crippen LogP contribution < -0.4 is 5.32 Å². The largest absolute Gasteiger partial charge is 0.393 e. The van der Waals surface area contributed by atoms with Gasteiger partial charge in [-0.15, -0.1) is 0 Å². The molecule has 0 bridgehead atoms. The van der Waals surface area contributed by atoms with E-state index in [4.69, 9.17) is 0 Å². The van der Waals surface area contributed by atoms with E-state index in [0.29, 0.717) is 34.5 Å². The molecule has 4 aliphatic carbocycles. The van der Waals surface area contributed by atoms with Crippen LogP contribution in [-0.2, 0) is 0 Å². The molecule has 10 atom stereocenters. The maximum atomic E-state index is 11.3. The van der Waals surface area contributed by atoms with E-state index in [0.717, 1.165) is 37.6 Å². The smallest absolute Gasteiger partial charge is 0.0577 e. The molecule has 4 aliphatic rings. The molecule has 0 aliphatic heterocycles. The number of hydrogen-bond donors (Lipinski definition) is 3. The van der Waals surface area contributed by atoms with E-state index in [1.165, 1.54) is 44.9 Å². The molecule has 0 aromatic rings. The molecule has 0 spiro atoms. The van der Waals surface area contributed by atoms with Gasteiger partial charge in [-0.3, -0.25) is 0 Å². The molecule has 4 fully saturated rings. The van der Waals surface area contributed by atoms with Crippen molar-refractivity contribution in [1.82, 2.24) is 5.32 Å². The van der Waals surface area contributed by atoms with Crippen LogP contribution in [0.5, 0.6) is 0 Å². The highest BCUT2D eigenvalue weighted by molar-refractivity contribution is 5.11. The molecule has 0 amide bonds. The van der Waals surface area contributed by atoms with Crippen LogP contribution in [0, 0.1) is 46.3 Å². The molecule has 0 heterocycles. The van der Waals surface area contributed by atoms with Crippen molar-refractivity contribution in [2.75, 3.05) is 13.6 Å². The molecular weight excluding hydrogens is 346 g/mol. The van der Waals surface area contributed by atoms with Crippen LogP contribution in [0.25, 0.3) is 0 Å². The van der Waals surface area contributed by atoms with E-state index >= 15 is 0 Å². The second-order valence-electron chi connectivity index (χ2n) is 11.7. The Morgan fingerprint density at radius 1 is 0.964 bits per heavy atom. The topological polar surface area (TPSA) is 52.5 Å². The lowest BCUT2D eigenvalue weighted by molar-refractivity contribution is -0.174. The quantitative estimate of drug-likeness (QED) is 0.600. The minimum atomic E-state index is -0.142. The van der Waals surface area contributed by atoms with E-state index in [9.17, 15) is 10.2 Å². The van der Waals surface area contributed by atoms with Crippen LogP contribution in [0.4, 0.5) is 0 Å². The summed E-state index contributed by atoms with van der Waals surface area (Å²) in [5.74, 6) is 4.04. The molecule has 3 N–H and O–H groups in total. The van der Waals surface area contributed by atoms with Gasteiger partial charge in [-0.25, -0.2) is 0 Å². The van der Waals surface area contributed by atoms with E-state index < -0.39 is 0 Å². The molecule has 0 unspecified atom stereocenters. The summed E-state index contributed by atoms with van der Waals surface area (Å²) >= 11 is 0. The summed E-state index contributed by atoms with van der Waals surface area (Å²) in [6.45, 7) is 8.73. The summed E-state index contributed by atoms with van der Waals surface area (Å²) in [6, 6.07) is 0. The van der Waals surface area contributed by atoms with Crippen molar-refractivity contribution < 1.29 is 10.2 Å². The van der Waals surface area contributed by atoms with Crippen molar-refractivity contribution >= 4 is 0 Å². The lowest BCUT2D eigenvalue weighted by Crippen LogP contribution is -2.58. The van der Waals surface area contributed by atoms with E-state index in [2.05, 4.69) is 33.1 Å². The summed E-state index contributed by atoms with van der Waals surface area (Å²) in [7, 11) is 2.06. The Kier molecular flexibility index (Phi) is 5.92. The molecule has 0 aromatic heterocycles. The number of fused-ring (bicyclic) bond motifs is 5. The second kappa shape index (κ2) is 7.85. The highest BCUT2D eigenvalue weighted by Gasteiger charge is 2.62. The third-order valence-corrected chi connectivity index (χ3v) is 10.5. The predicted molar refractivity (Wildman–Crippen MR) is 115 cm³/mol. The molecule has 4 saturated carbocycles. The monoisotopic (exact) mass is 391 g/mol. The van der Waals surface area contributed by atoms with Crippen LogP contribution in [0.15, 0.2) is 0 Å². The van der Waals surface area contributed by atoms with Crippen LogP contribution in [0.1, 0.15) is 85.0 Å². The minimum Gasteiger partial charge on any atom is -0.393 e. The zero-order valence-electron chi connectivity index (χ0n) is 18.8. The van der Waals surface area contributed by atoms with Crippen LogP contribution in [0.3, 0.4) is 0 Å². The zero-order valence-corrected chi connectivity index (χ0v) is 18.8. The Morgan fingerprint density at radius 2 is 1.68 bits per heavy atom. The molecule has 4 rings (SSSR count). The van der Waals surface area contributed by atoms with Crippen molar-refractivity contribution in [3.63, 3.8) is 0 Å². The average molecular weight is 392 g/mol. The van der Waals surface area contributed by atoms with Crippen molar-refractivity contribution in [3.8, 4) is 0 Å². The highest BCUT2D eigenvalue weighted by Crippen LogP contribution is 2.68. The van der Waals surface area contributed by atoms with Gasteiger partial charge >= 0.3 is 0 Å². The summed E-state index contributed by atoms with van der Waals surface area (Å²) < 4.78 is 0. The van der Waals surface area contributed by atoms with Crippen LogP contribution >= 0.6 is 0 Å². The Morgan fingerprint density at radius 3 is 2.43 bits per heavy atom. The summed E-state index contributed by atoms with van der Waals surface area (Å²) in [6.07, 6.45) is 11.7. The molecule has 28 heavy (non-hydrogen) atoms. The molecule has 0 radical (unpaired) electrons. The highest BCUT2D eigenvalue weighted by atomic mass is 16.3. The van der Waals surface area contributed by atoms with Gasteiger partial charge in [0, 0.05) is 0 Å². The Hall–Kier alpha value is -0.120. The van der Waals surface area contributed by atoms with Gasteiger partial charge in [-0.1, -0.05) is 20.8 Å². The first-order valence-electron chi connectivity index (χ1n) is 12.3. The van der Waals surface area contributed by atoms with Crippen molar-refractivity contribution in [2.45, 2.75) is 97.2 Å². The number of aliphatic hydroxyl groups excluding tert-OH is 2. The first-order valence-corrected chi connectivity index (χ1v) is 12.3. The van der Waals surface area contributed by atoms with Crippen molar-refractivity contribution in [2.24, 2.45) is 46.3 Å². The molecule has 162 valence electrons. The standard InChI is InChI=1S/C25H45NO2/c1-16(6-5-13-26-4)19-7-8-20-23-21(10-12-25(19,20)3)24(2)11-9-18(27)14-17(24)15-22(23)28/h16-23,26-28H,5-15H2,1-4H3/t16-,17+,18-,19-,20+,21+,22-,23+,24+,25-/m1/s1. The van der Waals surface area contributed by atoms with Crippen molar-refractivity contribution in [3.05, 3.63) is 0 Å². The summed E-state index contributed by atoms with van der Waals surface area (Å²) in [5, 5.41) is 24.9. The molecule has 3 nitrogen and oxygen atoms in total. The fraction of sp³-hybridized carbons (Fsp3) is 1.00. The number of rotatable bonds is 5. The van der Waals surface area contributed by atoms with Gasteiger partial charge in [0.15, 0.2) is 0 Å². The predicted octanol–water partition coefficient (Wildman–Crippen LogP) is 4.61. The van der Waals surface area contributed by atoms with Crippen LogP contribution in [0.2, 0.25) is 0 Å². The first kappa shape index (κ1) is 21.1. The lowest BCUT2D eigenvalue weighted by Gasteiger charge is -2.62. The van der Waals surface area contributed by atoms with E-state index in [-0.39, 0.29) is 12.2 Å². The van der Waals surface area contributed by atoms with E-state index in [1.807, 2.05) is 0 Å². The molecular formula is C25H45NO2. The summed E-state index contributed by atoms with van der Waals surface area (Å²) in [4.78, 5) is 0. The van der Waals surface area contributed by atoms with Gasteiger partial charge in [-0.05, 0) is 124 Å². The van der Waals surface area contributed by atoms with Gasteiger partial charge in [-0.2, -0.15) is 0 Å². The maximum Gasteiger partial charge on any atom is 0.0577 e.